The molecule has 2 heterocycles. The van der Waals surface area contributed by atoms with Crippen LogP contribution in [0.25, 0.3) is 0 Å². The Balaban J connectivity index is 1.44. The van der Waals surface area contributed by atoms with E-state index in [1.54, 1.807) is 47.6 Å². The van der Waals surface area contributed by atoms with E-state index in [-0.39, 0.29) is 11.6 Å². The number of rotatable bonds is 6. The number of aromatic nitrogens is 1. The highest BCUT2D eigenvalue weighted by atomic mass is 35.5. The molecule has 1 N–H and O–H groups in total. The molecule has 0 bridgehead atoms. The van der Waals surface area contributed by atoms with E-state index in [1.807, 2.05) is 12.1 Å². The first-order chi connectivity index (χ1) is 15.9. The highest BCUT2D eigenvalue weighted by molar-refractivity contribution is 6.42. The molecule has 1 saturated heterocycles. The first-order valence-corrected chi connectivity index (χ1v) is 11.1. The summed E-state index contributed by atoms with van der Waals surface area (Å²) in [6.07, 6.45) is 3.39. The fraction of sp³-hybridized carbons (Fsp3) is 0.217. The van der Waals surface area contributed by atoms with Crippen LogP contribution in [0, 0.1) is 10.1 Å². The Hall–Kier alpha value is -3.36. The molecule has 170 valence electrons. The summed E-state index contributed by atoms with van der Waals surface area (Å²) in [5.41, 5.74) is 2.73. The maximum atomic E-state index is 12.8. The van der Waals surface area contributed by atoms with E-state index in [9.17, 15) is 14.9 Å². The molecule has 3 aromatic rings. The van der Waals surface area contributed by atoms with Crippen molar-refractivity contribution >= 4 is 46.2 Å². The van der Waals surface area contributed by atoms with Gasteiger partial charge in [-0.1, -0.05) is 29.3 Å². The maximum absolute atomic E-state index is 12.8. The first kappa shape index (κ1) is 22.8. The summed E-state index contributed by atoms with van der Waals surface area (Å²) >= 11 is 12.0. The van der Waals surface area contributed by atoms with Crippen molar-refractivity contribution < 1.29 is 9.72 Å². The van der Waals surface area contributed by atoms with Gasteiger partial charge in [0.05, 0.1) is 15.0 Å². The number of amides is 1. The third kappa shape index (κ3) is 5.35. The lowest BCUT2D eigenvalue weighted by molar-refractivity contribution is -0.384. The molecule has 4 rings (SSSR count). The Labute approximate surface area is 200 Å². The molecule has 0 aliphatic carbocycles. The molecule has 1 fully saturated rings. The number of halogens is 2. The molecule has 1 aliphatic rings. The normalized spacial score (nSPS) is 13.6. The van der Waals surface area contributed by atoms with E-state index in [0.29, 0.717) is 54.0 Å². The Morgan fingerprint density at radius 3 is 2.52 bits per heavy atom. The van der Waals surface area contributed by atoms with Crippen LogP contribution in [0.2, 0.25) is 10.0 Å². The van der Waals surface area contributed by atoms with Crippen molar-refractivity contribution in [1.29, 1.82) is 0 Å². The number of nitro groups is 1. The predicted molar refractivity (Wildman–Crippen MR) is 129 cm³/mol. The summed E-state index contributed by atoms with van der Waals surface area (Å²) in [7, 11) is 0. The van der Waals surface area contributed by atoms with Crippen molar-refractivity contribution in [2.45, 2.75) is 6.54 Å². The Bertz CT molecular complexity index is 1170. The zero-order valence-electron chi connectivity index (χ0n) is 17.6. The SMILES string of the molecule is O=C(c1ccc(Cl)c(Cl)c1)N1CCN(c2ccc([N+](=O)[O-])c(NCc3cccnc3)c2)CC1. The molecule has 1 aliphatic heterocycles. The van der Waals surface area contributed by atoms with Crippen molar-refractivity contribution in [2.24, 2.45) is 0 Å². The quantitative estimate of drug-likeness (QED) is 0.395. The number of hydrogen-bond acceptors (Lipinski definition) is 6. The van der Waals surface area contributed by atoms with Crippen molar-refractivity contribution in [3.63, 3.8) is 0 Å². The molecule has 0 unspecified atom stereocenters. The molecule has 0 atom stereocenters. The second-order valence-electron chi connectivity index (χ2n) is 7.58. The second kappa shape index (κ2) is 10.1. The monoisotopic (exact) mass is 485 g/mol. The molecule has 0 spiro atoms. The number of benzene rings is 2. The highest BCUT2D eigenvalue weighted by Crippen LogP contribution is 2.31. The van der Waals surface area contributed by atoms with Crippen LogP contribution in [0.5, 0.6) is 0 Å². The molecule has 0 radical (unpaired) electrons. The van der Waals surface area contributed by atoms with Crippen LogP contribution in [-0.2, 0) is 6.54 Å². The standard InChI is InChI=1S/C23H21Cl2N5O3/c24-19-5-3-17(12-20(19)25)23(31)29-10-8-28(9-11-29)18-4-6-22(30(32)33)21(13-18)27-15-16-2-1-7-26-14-16/h1-7,12-14,27H,8-11,15H2. The van der Waals surface area contributed by atoms with Gasteiger partial charge in [-0.15, -0.1) is 0 Å². The van der Waals surface area contributed by atoms with Crippen LogP contribution in [0.3, 0.4) is 0 Å². The third-order valence-electron chi connectivity index (χ3n) is 5.48. The Morgan fingerprint density at radius 2 is 1.85 bits per heavy atom. The molecular weight excluding hydrogens is 465 g/mol. The summed E-state index contributed by atoms with van der Waals surface area (Å²) < 4.78 is 0. The maximum Gasteiger partial charge on any atom is 0.292 e. The van der Waals surface area contributed by atoms with Gasteiger partial charge in [0, 0.05) is 62.4 Å². The van der Waals surface area contributed by atoms with Crippen molar-refractivity contribution in [3.05, 3.63) is 92.2 Å². The molecule has 8 nitrogen and oxygen atoms in total. The predicted octanol–water partition coefficient (Wildman–Crippen LogP) is 4.87. The first-order valence-electron chi connectivity index (χ1n) is 10.3. The summed E-state index contributed by atoms with van der Waals surface area (Å²) in [5, 5.41) is 15.4. The molecule has 1 amide bonds. The lowest BCUT2D eigenvalue weighted by Crippen LogP contribution is -2.48. The van der Waals surface area contributed by atoms with E-state index >= 15 is 0 Å². The third-order valence-corrected chi connectivity index (χ3v) is 6.22. The minimum absolute atomic E-state index is 0.0103. The van der Waals surface area contributed by atoms with Crippen LogP contribution >= 0.6 is 23.2 Å². The lowest BCUT2D eigenvalue weighted by atomic mass is 10.1. The van der Waals surface area contributed by atoms with Crippen molar-refractivity contribution in [2.75, 3.05) is 36.4 Å². The Kier molecular flexibility index (Phi) is 6.96. The average Bonchev–Trinajstić information content (AvgIpc) is 2.84. The summed E-state index contributed by atoms with van der Waals surface area (Å²) in [6, 6.07) is 13.6. The fourth-order valence-electron chi connectivity index (χ4n) is 3.70. The van der Waals surface area contributed by atoms with Crippen LogP contribution in [-0.4, -0.2) is 46.9 Å². The lowest BCUT2D eigenvalue weighted by Gasteiger charge is -2.36. The number of carbonyl (C=O) groups is 1. The highest BCUT2D eigenvalue weighted by Gasteiger charge is 2.24. The zero-order valence-corrected chi connectivity index (χ0v) is 19.1. The van der Waals surface area contributed by atoms with E-state index in [4.69, 9.17) is 23.2 Å². The number of hydrogen-bond donors (Lipinski definition) is 1. The summed E-state index contributed by atoms with van der Waals surface area (Å²) in [4.78, 5) is 31.9. The van der Waals surface area contributed by atoms with E-state index in [2.05, 4.69) is 15.2 Å². The fourth-order valence-corrected chi connectivity index (χ4v) is 4.00. The minimum atomic E-state index is -0.400. The van der Waals surface area contributed by atoms with Gasteiger partial charge in [-0.25, -0.2) is 0 Å². The largest absolute Gasteiger partial charge is 0.375 e. The van der Waals surface area contributed by atoms with E-state index < -0.39 is 4.92 Å². The zero-order chi connectivity index (χ0) is 23.4. The van der Waals surface area contributed by atoms with Gasteiger partial charge < -0.3 is 15.1 Å². The summed E-state index contributed by atoms with van der Waals surface area (Å²) in [5.74, 6) is -0.101. The number of pyridine rings is 1. The van der Waals surface area contributed by atoms with Gasteiger partial charge in [-0.2, -0.15) is 0 Å². The van der Waals surface area contributed by atoms with Gasteiger partial charge in [0.25, 0.3) is 11.6 Å². The average molecular weight is 486 g/mol. The van der Waals surface area contributed by atoms with Gasteiger partial charge in [-0.3, -0.25) is 19.9 Å². The topological polar surface area (TPSA) is 91.6 Å². The Morgan fingerprint density at radius 1 is 1.06 bits per heavy atom. The van der Waals surface area contributed by atoms with Gasteiger partial charge in [-0.05, 0) is 42.0 Å². The molecule has 0 saturated carbocycles. The minimum Gasteiger partial charge on any atom is -0.375 e. The van der Waals surface area contributed by atoms with Crippen molar-refractivity contribution in [1.82, 2.24) is 9.88 Å². The number of piperazine rings is 1. The van der Waals surface area contributed by atoms with Crippen LogP contribution < -0.4 is 10.2 Å². The van der Waals surface area contributed by atoms with Gasteiger partial charge >= 0.3 is 0 Å². The van der Waals surface area contributed by atoms with Gasteiger partial charge in [0.15, 0.2) is 0 Å². The molecule has 1 aromatic heterocycles. The van der Waals surface area contributed by atoms with E-state index in [1.165, 1.54) is 6.07 Å². The molecular formula is C23H21Cl2N5O3. The van der Waals surface area contributed by atoms with Crippen LogP contribution in [0.15, 0.2) is 60.9 Å². The van der Waals surface area contributed by atoms with Gasteiger partial charge in [0.2, 0.25) is 0 Å². The van der Waals surface area contributed by atoms with Crippen LogP contribution in [0.4, 0.5) is 17.1 Å². The number of carbonyl (C=O) groups excluding carboxylic acids is 1. The smallest absolute Gasteiger partial charge is 0.292 e. The molecule has 10 heteroatoms. The number of nitrogens with one attached hydrogen (secondary N) is 1. The second-order valence-corrected chi connectivity index (χ2v) is 8.40. The van der Waals surface area contributed by atoms with Crippen molar-refractivity contribution in [3.8, 4) is 0 Å². The molecule has 33 heavy (non-hydrogen) atoms. The number of anilines is 2. The summed E-state index contributed by atoms with van der Waals surface area (Å²) in [6.45, 7) is 2.67. The number of nitro benzene ring substituents is 1. The van der Waals surface area contributed by atoms with Crippen LogP contribution in [0.1, 0.15) is 15.9 Å². The van der Waals surface area contributed by atoms with Gasteiger partial charge in [0.1, 0.15) is 5.69 Å². The molecule has 2 aromatic carbocycles. The number of nitrogens with zero attached hydrogens (tertiary/aromatic N) is 4. The van der Waals surface area contributed by atoms with E-state index in [0.717, 1.165) is 11.3 Å².